The summed E-state index contributed by atoms with van der Waals surface area (Å²) in [5.41, 5.74) is 5.87. The largest absolute Gasteiger partial charge is 0.505 e. The van der Waals surface area contributed by atoms with Gasteiger partial charge in [0.2, 0.25) is 0 Å². The first-order valence-electron chi connectivity index (χ1n) is 4.20. The topological polar surface area (TPSA) is 58.3 Å². The van der Waals surface area contributed by atoms with E-state index in [0.29, 0.717) is 5.56 Å². The van der Waals surface area contributed by atoms with Gasteiger partial charge in [0.15, 0.2) is 0 Å². The van der Waals surface area contributed by atoms with Crippen molar-refractivity contribution in [3.05, 3.63) is 23.5 Å². The number of phenolic OH excluding ortho intramolecular Hbond substituents is 1. The Morgan fingerprint density at radius 1 is 1.54 bits per heavy atom. The molecular weight excluding hydrogens is 171 g/mol. The summed E-state index contributed by atoms with van der Waals surface area (Å²) in [4.78, 5) is 0. The lowest BCUT2D eigenvalue weighted by molar-refractivity contribution is 0.364. The van der Waals surface area contributed by atoms with E-state index >= 15 is 0 Å². The Hall–Kier alpha value is -1.29. The second kappa shape index (κ2) is 2.88. The van der Waals surface area contributed by atoms with Gasteiger partial charge < -0.3 is 16.2 Å². The molecule has 1 aliphatic heterocycles. The van der Waals surface area contributed by atoms with Gasteiger partial charge in [0.1, 0.15) is 17.3 Å². The molecule has 1 fully saturated rings. The van der Waals surface area contributed by atoms with Gasteiger partial charge in [-0.15, -0.1) is 0 Å². The number of phenols is 1. The van der Waals surface area contributed by atoms with Crippen molar-refractivity contribution in [3.8, 4) is 5.75 Å². The van der Waals surface area contributed by atoms with Gasteiger partial charge >= 0.3 is 0 Å². The summed E-state index contributed by atoms with van der Waals surface area (Å²) in [5.74, 6) is -0.697. The van der Waals surface area contributed by atoms with Crippen LogP contribution in [0.15, 0.2) is 12.1 Å². The van der Waals surface area contributed by atoms with Gasteiger partial charge in [-0.3, -0.25) is 0 Å². The fraction of sp³-hybridized carbons (Fsp3) is 0.333. The van der Waals surface area contributed by atoms with Gasteiger partial charge in [-0.05, 0) is 19.0 Å². The first-order valence-corrected chi connectivity index (χ1v) is 4.20. The van der Waals surface area contributed by atoms with Crippen LogP contribution < -0.4 is 11.1 Å². The second-order valence-electron chi connectivity index (χ2n) is 3.19. The molecule has 13 heavy (non-hydrogen) atoms. The molecule has 0 saturated carbocycles. The van der Waals surface area contributed by atoms with E-state index in [4.69, 9.17) is 5.73 Å². The average Bonchev–Trinajstić information content (AvgIpc) is 2.03. The molecule has 0 aromatic heterocycles. The molecule has 4 heteroatoms. The van der Waals surface area contributed by atoms with E-state index in [0.717, 1.165) is 13.0 Å². The fourth-order valence-corrected chi connectivity index (χ4v) is 1.44. The lowest BCUT2D eigenvalue weighted by atomic mass is 9.96. The van der Waals surface area contributed by atoms with E-state index in [1.165, 1.54) is 6.07 Å². The van der Waals surface area contributed by atoms with Crippen LogP contribution in [0.25, 0.3) is 0 Å². The Kier molecular flexibility index (Phi) is 1.84. The van der Waals surface area contributed by atoms with E-state index < -0.39 is 5.82 Å². The van der Waals surface area contributed by atoms with Crippen LogP contribution in [-0.2, 0) is 0 Å². The van der Waals surface area contributed by atoms with Gasteiger partial charge in [-0.1, -0.05) is 6.07 Å². The van der Waals surface area contributed by atoms with E-state index in [9.17, 15) is 9.50 Å². The molecule has 0 unspecified atom stereocenters. The summed E-state index contributed by atoms with van der Waals surface area (Å²) in [7, 11) is 0. The van der Waals surface area contributed by atoms with E-state index in [1.807, 2.05) is 0 Å². The molecule has 1 aromatic rings. The first-order chi connectivity index (χ1) is 6.20. The molecule has 2 rings (SSSR count). The van der Waals surface area contributed by atoms with E-state index in [2.05, 4.69) is 5.32 Å². The molecule has 0 bridgehead atoms. The van der Waals surface area contributed by atoms with Gasteiger partial charge in [-0.2, -0.15) is 0 Å². The number of halogens is 1. The van der Waals surface area contributed by atoms with Crippen molar-refractivity contribution in [1.29, 1.82) is 0 Å². The molecule has 0 radical (unpaired) electrons. The maximum absolute atomic E-state index is 12.8. The van der Waals surface area contributed by atoms with Crippen LogP contribution >= 0.6 is 0 Å². The SMILES string of the molecule is Nc1c(F)ccc([C@H]2CCN2)c1O. The zero-order chi connectivity index (χ0) is 9.42. The molecule has 0 spiro atoms. The molecular formula is C9H11FN2O. The molecule has 4 N–H and O–H groups in total. The summed E-state index contributed by atoms with van der Waals surface area (Å²) >= 11 is 0. The highest BCUT2D eigenvalue weighted by atomic mass is 19.1. The molecule has 70 valence electrons. The highest BCUT2D eigenvalue weighted by Gasteiger charge is 2.23. The van der Waals surface area contributed by atoms with Gasteiger partial charge in [0.05, 0.1) is 0 Å². The highest BCUT2D eigenvalue weighted by Crippen LogP contribution is 2.35. The van der Waals surface area contributed by atoms with Crippen LogP contribution in [0.3, 0.4) is 0 Å². The van der Waals surface area contributed by atoms with Crippen LogP contribution in [0.2, 0.25) is 0 Å². The normalized spacial score (nSPS) is 21.2. The van der Waals surface area contributed by atoms with Crippen molar-refractivity contribution < 1.29 is 9.50 Å². The molecule has 1 heterocycles. The molecule has 1 saturated heterocycles. The number of aromatic hydroxyl groups is 1. The molecule has 1 aliphatic rings. The number of hydrogen-bond acceptors (Lipinski definition) is 3. The van der Waals surface area contributed by atoms with Gasteiger partial charge in [-0.25, -0.2) is 4.39 Å². The molecule has 0 amide bonds. The van der Waals surface area contributed by atoms with Crippen LogP contribution in [0.1, 0.15) is 18.0 Å². The summed E-state index contributed by atoms with van der Waals surface area (Å²) in [6.07, 6.45) is 0.957. The number of nitrogens with one attached hydrogen (secondary N) is 1. The standard InChI is InChI=1S/C9H11FN2O/c10-6-2-1-5(7-3-4-12-7)9(13)8(6)11/h1-2,7,12-13H,3-4,11H2/t7-/m1/s1. The third-order valence-electron chi connectivity index (χ3n) is 2.39. The number of hydrogen-bond donors (Lipinski definition) is 3. The fourth-order valence-electron chi connectivity index (χ4n) is 1.44. The van der Waals surface area contributed by atoms with Crippen LogP contribution in [-0.4, -0.2) is 11.7 Å². The monoisotopic (exact) mass is 182 g/mol. The van der Waals surface area contributed by atoms with E-state index in [-0.39, 0.29) is 17.5 Å². The number of anilines is 1. The van der Waals surface area contributed by atoms with Crippen molar-refractivity contribution in [2.24, 2.45) is 0 Å². The van der Waals surface area contributed by atoms with Crippen molar-refractivity contribution in [2.75, 3.05) is 12.3 Å². The minimum atomic E-state index is -0.569. The lowest BCUT2D eigenvalue weighted by Crippen LogP contribution is -2.35. The predicted octanol–water partition coefficient (Wildman–Crippen LogP) is 1.15. The quantitative estimate of drug-likeness (QED) is 0.451. The van der Waals surface area contributed by atoms with Crippen LogP contribution in [0.4, 0.5) is 10.1 Å². The zero-order valence-electron chi connectivity index (χ0n) is 7.05. The smallest absolute Gasteiger partial charge is 0.149 e. The number of nitrogen functional groups attached to an aromatic ring is 1. The van der Waals surface area contributed by atoms with E-state index in [1.54, 1.807) is 6.07 Å². The number of rotatable bonds is 1. The third-order valence-corrected chi connectivity index (χ3v) is 2.39. The average molecular weight is 182 g/mol. The van der Waals surface area contributed by atoms with Crippen molar-refractivity contribution in [1.82, 2.24) is 5.32 Å². The van der Waals surface area contributed by atoms with Crippen molar-refractivity contribution in [3.63, 3.8) is 0 Å². The Morgan fingerprint density at radius 2 is 2.23 bits per heavy atom. The van der Waals surface area contributed by atoms with Crippen molar-refractivity contribution >= 4 is 5.69 Å². The Bertz CT molecular complexity index is 337. The number of nitrogens with two attached hydrogens (primary N) is 1. The third kappa shape index (κ3) is 1.23. The molecule has 0 aliphatic carbocycles. The van der Waals surface area contributed by atoms with Gasteiger partial charge in [0, 0.05) is 11.6 Å². The number of benzene rings is 1. The Labute approximate surface area is 75.4 Å². The van der Waals surface area contributed by atoms with Crippen molar-refractivity contribution in [2.45, 2.75) is 12.5 Å². The summed E-state index contributed by atoms with van der Waals surface area (Å²) in [6, 6.07) is 2.98. The maximum atomic E-state index is 12.8. The minimum absolute atomic E-state index is 0.128. The summed E-state index contributed by atoms with van der Waals surface area (Å²) in [6.45, 7) is 0.932. The summed E-state index contributed by atoms with van der Waals surface area (Å²) < 4.78 is 12.8. The molecule has 3 nitrogen and oxygen atoms in total. The first kappa shape index (κ1) is 8.31. The maximum Gasteiger partial charge on any atom is 0.149 e. The second-order valence-corrected chi connectivity index (χ2v) is 3.19. The van der Waals surface area contributed by atoms with Crippen LogP contribution in [0.5, 0.6) is 5.75 Å². The lowest BCUT2D eigenvalue weighted by Gasteiger charge is -2.28. The highest BCUT2D eigenvalue weighted by molar-refractivity contribution is 5.58. The minimum Gasteiger partial charge on any atom is -0.505 e. The van der Waals surface area contributed by atoms with Gasteiger partial charge in [0.25, 0.3) is 0 Å². The Balaban J connectivity index is 2.41. The molecule has 1 aromatic carbocycles. The zero-order valence-corrected chi connectivity index (χ0v) is 7.05. The molecule has 1 atom stereocenters. The van der Waals surface area contributed by atoms with Crippen LogP contribution in [0, 0.1) is 5.82 Å². The predicted molar refractivity (Wildman–Crippen MR) is 47.8 cm³/mol. The Morgan fingerprint density at radius 3 is 2.77 bits per heavy atom. The summed E-state index contributed by atoms with van der Waals surface area (Å²) in [5, 5.41) is 12.6.